The minimum absolute atomic E-state index is 0.0514. The Morgan fingerprint density at radius 3 is 2.95 bits per heavy atom. The van der Waals surface area contributed by atoms with E-state index in [0.29, 0.717) is 9.21 Å². The van der Waals surface area contributed by atoms with Crippen molar-refractivity contribution in [1.29, 1.82) is 0 Å². The van der Waals surface area contributed by atoms with Gasteiger partial charge in [-0.1, -0.05) is 37.8 Å². The number of hydrogen-bond donors (Lipinski definition) is 0. The number of Topliss-reactive ketones (excluding diaryl/α,β-unsaturated/α-hetero) is 1. The van der Waals surface area contributed by atoms with Gasteiger partial charge in [-0.15, -0.1) is 11.3 Å². The van der Waals surface area contributed by atoms with E-state index in [9.17, 15) is 4.79 Å². The zero-order valence-electron chi connectivity index (χ0n) is 11.5. The summed E-state index contributed by atoms with van der Waals surface area (Å²) < 4.78 is 6.61. The highest BCUT2D eigenvalue weighted by atomic mass is 35.5. The van der Waals surface area contributed by atoms with Crippen molar-refractivity contribution in [2.24, 2.45) is 5.92 Å². The lowest BCUT2D eigenvalue weighted by molar-refractivity contribution is -0.0219. The van der Waals surface area contributed by atoms with Crippen LogP contribution in [-0.2, 0) is 4.74 Å². The second-order valence-electron chi connectivity index (χ2n) is 5.31. The van der Waals surface area contributed by atoms with Crippen molar-refractivity contribution < 1.29 is 9.53 Å². The summed E-state index contributed by atoms with van der Waals surface area (Å²) in [6.07, 6.45) is 5.79. The van der Waals surface area contributed by atoms with Gasteiger partial charge in [0.25, 0.3) is 0 Å². The second-order valence-corrected chi connectivity index (χ2v) is 7.02. The Bertz CT molecular complexity index is 430. The third-order valence-corrected chi connectivity index (χ3v) is 5.14. The minimum atomic E-state index is -0.365. The molecular weight excluding hydrogens is 280 g/mol. The summed E-state index contributed by atoms with van der Waals surface area (Å²) in [6.45, 7) is 4.08. The second kappa shape index (κ2) is 6.87. The lowest BCUT2D eigenvalue weighted by Crippen LogP contribution is -2.30. The monoisotopic (exact) mass is 300 g/mol. The number of carbonyl (C=O) groups excluding carboxylic acids is 1. The average Bonchev–Trinajstić information content (AvgIpc) is 2.84. The molecule has 0 saturated heterocycles. The van der Waals surface area contributed by atoms with Gasteiger partial charge in [0, 0.05) is 0 Å². The molecule has 3 unspecified atom stereocenters. The molecular formula is C15H21ClO2S. The molecule has 0 amide bonds. The van der Waals surface area contributed by atoms with Crippen LogP contribution in [0.4, 0.5) is 0 Å². The fourth-order valence-electron chi connectivity index (χ4n) is 2.73. The van der Waals surface area contributed by atoms with Crippen molar-refractivity contribution in [3.63, 3.8) is 0 Å². The van der Waals surface area contributed by atoms with E-state index in [1.165, 1.54) is 30.6 Å². The smallest absolute Gasteiger partial charge is 0.201 e. The van der Waals surface area contributed by atoms with Crippen LogP contribution < -0.4 is 0 Å². The number of hydrogen-bond acceptors (Lipinski definition) is 3. The maximum Gasteiger partial charge on any atom is 0.201 e. The van der Waals surface area contributed by atoms with E-state index in [-0.39, 0.29) is 18.0 Å². The zero-order valence-corrected chi connectivity index (χ0v) is 13.1. The van der Waals surface area contributed by atoms with Crippen LogP contribution in [0.5, 0.6) is 0 Å². The number of rotatable bonds is 5. The number of ketones is 1. The van der Waals surface area contributed by atoms with Gasteiger partial charge in [0.05, 0.1) is 15.3 Å². The highest BCUT2D eigenvalue weighted by molar-refractivity contribution is 7.18. The molecule has 1 aromatic rings. The molecule has 3 atom stereocenters. The van der Waals surface area contributed by atoms with Crippen LogP contribution in [0.3, 0.4) is 0 Å². The maximum atomic E-state index is 12.2. The largest absolute Gasteiger partial charge is 0.367 e. The number of halogens is 1. The molecule has 1 aliphatic carbocycles. The molecule has 0 aromatic carbocycles. The molecule has 19 heavy (non-hydrogen) atoms. The van der Waals surface area contributed by atoms with E-state index >= 15 is 0 Å². The number of thiophene rings is 1. The quantitative estimate of drug-likeness (QED) is 0.719. The topological polar surface area (TPSA) is 26.3 Å². The summed E-state index contributed by atoms with van der Waals surface area (Å²) in [4.78, 5) is 12.9. The summed E-state index contributed by atoms with van der Waals surface area (Å²) >= 11 is 7.19. The van der Waals surface area contributed by atoms with Gasteiger partial charge in [0.15, 0.2) is 0 Å². The zero-order chi connectivity index (χ0) is 13.8. The molecule has 106 valence electrons. The van der Waals surface area contributed by atoms with E-state index < -0.39 is 0 Å². The molecule has 1 saturated carbocycles. The van der Waals surface area contributed by atoms with Gasteiger partial charge in [0.2, 0.25) is 5.78 Å². The van der Waals surface area contributed by atoms with Gasteiger partial charge in [-0.3, -0.25) is 4.79 Å². The van der Waals surface area contributed by atoms with Crippen molar-refractivity contribution in [3.05, 3.63) is 21.3 Å². The van der Waals surface area contributed by atoms with Crippen LogP contribution in [0.15, 0.2) is 12.1 Å². The summed E-state index contributed by atoms with van der Waals surface area (Å²) in [5.41, 5.74) is 0. The van der Waals surface area contributed by atoms with Gasteiger partial charge >= 0.3 is 0 Å². The van der Waals surface area contributed by atoms with E-state index in [1.54, 1.807) is 12.1 Å². The van der Waals surface area contributed by atoms with Gasteiger partial charge in [-0.2, -0.15) is 0 Å². The maximum absolute atomic E-state index is 12.2. The van der Waals surface area contributed by atoms with Gasteiger partial charge in [-0.25, -0.2) is 0 Å². The molecule has 1 aromatic heterocycles. The highest BCUT2D eigenvalue weighted by Crippen LogP contribution is 2.30. The third-order valence-electron chi connectivity index (χ3n) is 3.89. The SMILES string of the molecule is CCC1CCCC(OC(C)C(=O)c2ccc(Cl)s2)C1. The van der Waals surface area contributed by atoms with Crippen molar-refractivity contribution >= 4 is 28.7 Å². The first-order valence-corrected chi connectivity index (χ1v) is 8.24. The molecule has 0 spiro atoms. The predicted octanol–water partition coefficient (Wildman–Crippen LogP) is 4.96. The van der Waals surface area contributed by atoms with Crippen molar-refractivity contribution in [2.75, 3.05) is 0 Å². The molecule has 2 nitrogen and oxygen atoms in total. The van der Waals surface area contributed by atoms with Crippen LogP contribution in [0, 0.1) is 5.92 Å². The Kier molecular flexibility index (Phi) is 5.43. The van der Waals surface area contributed by atoms with Crippen molar-refractivity contribution in [1.82, 2.24) is 0 Å². The van der Waals surface area contributed by atoms with E-state index in [2.05, 4.69) is 6.92 Å². The van der Waals surface area contributed by atoms with E-state index in [1.807, 2.05) is 6.92 Å². The molecule has 0 N–H and O–H groups in total. The Hall–Kier alpha value is -0.380. The first-order chi connectivity index (χ1) is 9.10. The predicted molar refractivity (Wildman–Crippen MR) is 80.2 cm³/mol. The van der Waals surface area contributed by atoms with E-state index in [0.717, 1.165) is 18.8 Å². The molecule has 1 aliphatic rings. The first kappa shape index (κ1) is 15.0. The van der Waals surface area contributed by atoms with Crippen LogP contribution >= 0.6 is 22.9 Å². The molecule has 0 bridgehead atoms. The van der Waals surface area contributed by atoms with Crippen molar-refractivity contribution in [2.45, 2.75) is 58.2 Å². The Morgan fingerprint density at radius 1 is 1.53 bits per heavy atom. The molecule has 2 rings (SSSR count). The van der Waals surface area contributed by atoms with Crippen molar-refractivity contribution in [3.8, 4) is 0 Å². The van der Waals surface area contributed by atoms with E-state index in [4.69, 9.17) is 16.3 Å². The molecule has 1 fully saturated rings. The molecule has 1 heterocycles. The standard InChI is InChI=1S/C15H21ClO2S/c1-3-11-5-4-6-12(9-11)18-10(2)15(17)13-7-8-14(16)19-13/h7-8,10-12H,3-6,9H2,1-2H3. The number of ether oxygens (including phenoxy) is 1. The Morgan fingerprint density at radius 2 is 2.32 bits per heavy atom. The van der Waals surface area contributed by atoms with Crippen LogP contribution in [0.2, 0.25) is 4.34 Å². The average molecular weight is 301 g/mol. The highest BCUT2D eigenvalue weighted by Gasteiger charge is 2.26. The lowest BCUT2D eigenvalue weighted by atomic mass is 9.85. The lowest BCUT2D eigenvalue weighted by Gasteiger charge is -2.30. The molecule has 0 radical (unpaired) electrons. The summed E-state index contributed by atoms with van der Waals surface area (Å²) in [6, 6.07) is 3.55. The summed E-state index contributed by atoms with van der Waals surface area (Å²) in [5, 5.41) is 0. The van der Waals surface area contributed by atoms with Gasteiger partial charge in [-0.05, 0) is 37.8 Å². The summed E-state index contributed by atoms with van der Waals surface area (Å²) in [7, 11) is 0. The van der Waals surface area contributed by atoms with Gasteiger partial charge in [0.1, 0.15) is 6.10 Å². The Balaban J connectivity index is 1.89. The third kappa shape index (κ3) is 4.04. The fraction of sp³-hybridized carbons (Fsp3) is 0.667. The van der Waals surface area contributed by atoms with Gasteiger partial charge < -0.3 is 4.74 Å². The molecule has 4 heteroatoms. The normalized spacial score (nSPS) is 25.2. The number of carbonyl (C=O) groups is 1. The summed E-state index contributed by atoms with van der Waals surface area (Å²) in [5.74, 6) is 0.813. The van der Waals surface area contributed by atoms with Crippen LogP contribution in [0.1, 0.15) is 55.6 Å². The first-order valence-electron chi connectivity index (χ1n) is 7.05. The van der Waals surface area contributed by atoms with Crippen LogP contribution in [-0.4, -0.2) is 18.0 Å². The minimum Gasteiger partial charge on any atom is -0.367 e. The fourth-order valence-corrected chi connectivity index (χ4v) is 3.79. The van der Waals surface area contributed by atoms with Crippen LogP contribution in [0.25, 0.3) is 0 Å². The molecule has 0 aliphatic heterocycles. The Labute approximate surface area is 124 Å².